The fourth-order valence-corrected chi connectivity index (χ4v) is 0.931. The van der Waals surface area contributed by atoms with E-state index in [9.17, 15) is 0 Å². The van der Waals surface area contributed by atoms with Crippen LogP contribution in [-0.2, 0) is 0 Å². The lowest BCUT2D eigenvalue weighted by Crippen LogP contribution is -2.08. The molecule has 2 N–H and O–H groups in total. The van der Waals surface area contributed by atoms with Gasteiger partial charge in [0.1, 0.15) is 5.84 Å². The molecule has 0 radical (unpaired) electrons. The van der Waals surface area contributed by atoms with Crippen molar-refractivity contribution in [1.29, 1.82) is 0 Å². The molecule has 0 atom stereocenters. The summed E-state index contributed by atoms with van der Waals surface area (Å²) < 4.78 is 0. The Bertz CT molecular complexity index is 157. The molecule has 0 bridgehead atoms. The van der Waals surface area contributed by atoms with Gasteiger partial charge in [0.2, 0.25) is 0 Å². The van der Waals surface area contributed by atoms with Gasteiger partial charge in [-0.2, -0.15) is 0 Å². The summed E-state index contributed by atoms with van der Waals surface area (Å²) in [6, 6.07) is 0. The lowest BCUT2D eigenvalue weighted by Gasteiger charge is -2.00. The average molecular weight is 168 g/mol. The van der Waals surface area contributed by atoms with Crippen LogP contribution in [0.1, 0.15) is 33.6 Å². The number of nitrogens with two attached hydrogens (primary N) is 1. The molecule has 0 fully saturated rings. The molecule has 0 aromatic rings. The van der Waals surface area contributed by atoms with Crippen LogP contribution in [-0.4, -0.2) is 12.4 Å². The van der Waals surface area contributed by atoms with Crippen LogP contribution in [0.15, 0.2) is 17.1 Å². The van der Waals surface area contributed by atoms with Crippen LogP contribution in [0.4, 0.5) is 0 Å². The number of allylic oxidation sites excluding steroid dienone is 1. The first-order valence-corrected chi connectivity index (χ1v) is 4.59. The van der Waals surface area contributed by atoms with E-state index in [1.807, 2.05) is 19.1 Å². The van der Waals surface area contributed by atoms with E-state index in [1.54, 1.807) is 0 Å². The van der Waals surface area contributed by atoms with Gasteiger partial charge < -0.3 is 5.73 Å². The Hall–Kier alpha value is -0.790. The molecule has 0 saturated heterocycles. The van der Waals surface area contributed by atoms with Gasteiger partial charge in [0, 0.05) is 6.54 Å². The molecule has 2 heteroatoms. The van der Waals surface area contributed by atoms with E-state index in [0.29, 0.717) is 5.84 Å². The van der Waals surface area contributed by atoms with Crippen molar-refractivity contribution in [3.05, 3.63) is 12.2 Å². The number of amidine groups is 1. The zero-order valence-corrected chi connectivity index (χ0v) is 8.38. The van der Waals surface area contributed by atoms with Crippen molar-refractivity contribution in [1.82, 2.24) is 0 Å². The average Bonchev–Trinajstić information content (AvgIpc) is 1.98. The minimum Gasteiger partial charge on any atom is -0.384 e. The molecule has 12 heavy (non-hydrogen) atoms. The Labute approximate surface area is 75.6 Å². The van der Waals surface area contributed by atoms with Crippen molar-refractivity contribution >= 4 is 5.84 Å². The molecule has 0 aliphatic heterocycles. The van der Waals surface area contributed by atoms with E-state index in [2.05, 4.69) is 18.8 Å². The summed E-state index contributed by atoms with van der Waals surface area (Å²) >= 11 is 0. The zero-order chi connectivity index (χ0) is 9.40. The predicted molar refractivity (Wildman–Crippen MR) is 55.4 cm³/mol. The number of rotatable bonds is 5. The van der Waals surface area contributed by atoms with Gasteiger partial charge in [-0.1, -0.05) is 19.9 Å². The lowest BCUT2D eigenvalue weighted by molar-refractivity contribution is 0.561. The fraction of sp³-hybridized carbons (Fsp3) is 0.700. The summed E-state index contributed by atoms with van der Waals surface area (Å²) in [6.07, 6.45) is 6.10. The molecule has 0 aromatic heterocycles. The maximum absolute atomic E-state index is 5.56. The highest BCUT2D eigenvalue weighted by Crippen LogP contribution is 2.02. The third-order valence-electron chi connectivity index (χ3n) is 1.57. The summed E-state index contributed by atoms with van der Waals surface area (Å²) in [6.45, 7) is 7.24. The Balaban J connectivity index is 3.46. The molecular weight excluding hydrogens is 148 g/mol. The third kappa shape index (κ3) is 7.32. The third-order valence-corrected chi connectivity index (χ3v) is 1.57. The maximum Gasteiger partial charge on any atom is 0.117 e. The molecule has 0 aliphatic rings. The Morgan fingerprint density at radius 1 is 1.50 bits per heavy atom. The lowest BCUT2D eigenvalue weighted by atomic mass is 10.1. The Morgan fingerprint density at radius 3 is 2.67 bits per heavy atom. The first kappa shape index (κ1) is 11.2. The SMILES string of the molecule is C/C=C/C(N)=NCCCC(C)C. The normalized spacial score (nSPS) is 13.2. The van der Waals surface area contributed by atoms with Gasteiger partial charge in [0.15, 0.2) is 0 Å². The molecule has 0 heterocycles. The van der Waals surface area contributed by atoms with E-state index in [0.717, 1.165) is 18.9 Å². The molecule has 2 nitrogen and oxygen atoms in total. The van der Waals surface area contributed by atoms with E-state index in [4.69, 9.17) is 5.73 Å². The van der Waals surface area contributed by atoms with Crippen LogP contribution in [0.25, 0.3) is 0 Å². The van der Waals surface area contributed by atoms with Gasteiger partial charge in [-0.25, -0.2) is 0 Å². The zero-order valence-electron chi connectivity index (χ0n) is 8.38. The van der Waals surface area contributed by atoms with Crippen molar-refractivity contribution in [2.24, 2.45) is 16.6 Å². The van der Waals surface area contributed by atoms with Crippen LogP contribution >= 0.6 is 0 Å². The standard InChI is InChI=1S/C10H20N2/c1-4-6-10(11)12-8-5-7-9(2)3/h4,6,9H,5,7-8H2,1-3H3,(H2,11,12)/b6-4+. The summed E-state index contributed by atoms with van der Waals surface area (Å²) in [4.78, 5) is 4.19. The number of hydrogen-bond donors (Lipinski definition) is 1. The minimum absolute atomic E-state index is 0.640. The van der Waals surface area contributed by atoms with Gasteiger partial charge in [-0.3, -0.25) is 4.99 Å². The molecule has 0 aliphatic carbocycles. The second-order valence-electron chi connectivity index (χ2n) is 3.34. The summed E-state index contributed by atoms with van der Waals surface area (Å²) in [5.41, 5.74) is 5.56. The van der Waals surface area contributed by atoms with Crippen LogP contribution in [0.3, 0.4) is 0 Å². The smallest absolute Gasteiger partial charge is 0.117 e. The van der Waals surface area contributed by atoms with Gasteiger partial charge >= 0.3 is 0 Å². The van der Waals surface area contributed by atoms with Gasteiger partial charge in [0.05, 0.1) is 0 Å². The van der Waals surface area contributed by atoms with Crippen LogP contribution in [0, 0.1) is 5.92 Å². The number of nitrogens with zero attached hydrogens (tertiary/aromatic N) is 1. The summed E-state index contributed by atoms with van der Waals surface area (Å²) in [5, 5.41) is 0. The summed E-state index contributed by atoms with van der Waals surface area (Å²) in [5.74, 6) is 1.41. The molecule has 0 amide bonds. The Morgan fingerprint density at radius 2 is 2.17 bits per heavy atom. The highest BCUT2D eigenvalue weighted by Gasteiger charge is 1.92. The first-order chi connectivity index (χ1) is 5.66. The van der Waals surface area contributed by atoms with Crippen molar-refractivity contribution in [2.75, 3.05) is 6.54 Å². The van der Waals surface area contributed by atoms with Crippen molar-refractivity contribution in [3.8, 4) is 0 Å². The monoisotopic (exact) mass is 168 g/mol. The number of aliphatic imine (C=N–C) groups is 1. The highest BCUT2D eigenvalue weighted by molar-refractivity contribution is 5.91. The number of hydrogen-bond acceptors (Lipinski definition) is 1. The van der Waals surface area contributed by atoms with E-state index in [-0.39, 0.29) is 0 Å². The summed E-state index contributed by atoms with van der Waals surface area (Å²) in [7, 11) is 0. The maximum atomic E-state index is 5.56. The van der Waals surface area contributed by atoms with Crippen LogP contribution in [0.5, 0.6) is 0 Å². The van der Waals surface area contributed by atoms with Crippen molar-refractivity contribution in [3.63, 3.8) is 0 Å². The van der Waals surface area contributed by atoms with Gasteiger partial charge in [-0.15, -0.1) is 0 Å². The quantitative estimate of drug-likeness (QED) is 0.382. The predicted octanol–water partition coefficient (Wildman–Crippen LogP) is 2.36. The second-order valence-corrected chi connectivity index (χ2v) is 3.34. The van der Waals surface area contributed by atoms with Crippen LogP contribution < -0.4 is 5.73 Å². The first-order valence-electron chi connectivity index (χ1n) is 4.59. The minimum atomic E-state index is 0.640. The van der Waals surface area contributed by atoms with Crippen LogP contribution in [0.2, 0.25) is 0 Å². The molecule has 70 valence electrons. The highest BCUT2D eigenvalue weighted by atomic mass is 14.8. The topological polar surface area (TPSA) is 38.4 Å². The second kappa shape index (κ2) is 6.89. The van der Waals surface area contributed by atoms with E-state index in [1.165, 1.54) is 6.42 Å². The molecule has 0 aromatic carbocycles. The van der Waals surface area contributed by atoms with Crippen molar-refractivity contribution < 1.29 is 0 Å². The fourth-order valence-electron chi connectivity index (χ4n) is 0.931. The van der Waals surface area contributed by atoms with E-state index >= 15 is 0 Å². The molecule has 0 unspecified atom stereocenters. The molecule has 0 rings (SSSR count). The van der Waals surface area contributed by atoms with Crippen molar-refractivity contribution in [2.45, 2.75) is 33.6 Å². The van der Waals surface area contributed by atoms with Gasteiger partial charge in [0.25, 0.3) is 0 Å². The largest absolute Gasteiger partial charge is 0.384 e. The molecule has 0 spiro atoms. The molecular formula is C10H20N2. The molecule has 0 saturated carbocycles. The Kier molecular flexibility index (Phi) is 6.44. The van der Waals surface area contributed by atoms with E-state index < -0.39 is 0 Å². The van der Waals surface area contributed by atoms with Gasteiger partial charge in [-0.05, 0) is 31.8 Å².